The highest BCUT2D eigenvalue weighted by atomic mass is 16.5. The van der Waals surface area contributed by atoms with E-state index in [0.717, 1.165) is 37.2 Å². The van der Waals surface area contributed by atoms with Crippen molar-refractivity contribution < 1.29 is 9.53 Å². The first kappa shape index (κ1) is 16.4. The van der Waals surface area contributed by atoms with Gasteiger partial charge in [-0.25, -0.2) is 0 Å². The molecule has 1 saturated heterocycles. The molecular formula is C18H24N2O2. The van der Waals surface area contributed by atoms with Crippen LogP contribution < -0.4 is 4.74 Å². The third-order valence-corrected chi connectivity index (χ3v) is 4.27. The molecule has 1 fully saturated rings. The minimum Gasteiger partial charge on any atom is -0.496 e. The topological polar surface area (TPSA) is 53.3 Å². The van der Waals surface area contributed by atoms with Crippen LogP contribution in [-0.2, 0) is 11.2 Å². The molecule has 0 spiro atoms. The second kappa shape index (κ2) is 7.31. The van der Waals surface area contributed by atoms with Gasteiger partial charge in [0.15, 0.2) is 0 Å². The van der Waals surface area contributed by atoms with Crippen molar-refractivity contribution in [2.24, 2.45) is 5.92 Å². The van der Waals surface area contributed by atoms with Gasteiger partial charge in [0.05, 0.1) is 13.2 Å². The summed E-state index contributed by atoms with van der Waals surface area (Å²) < 4.78 is 5.40. The third kappa shape index (κ3) is 3.59. The molecule has 0 aromatic heterocycles. The van der Waals surface area contributed by atoms with E-state index in [4.69, 9.17) is 4.74 Å². The van der Waals surface area contributed by atoms with Crippen LogP contribution in [0.15, 0.2) is 18.2 Å². The van der Waals surface area contributed by atoms with Crippen molar-refractivity contribution >= 4 is 5.91 Å². The van der Waals surface area contributed by atoms with E-state index in [-0.39, 0.29) is 5.91 Å². The fraction of sp³-hybridized carbons (Fsp3) is 0.556. The number of carbonyl (C=O) groups excluding carboxylic acids is 1. The van der Waals surface area contributed by atoms with Gasteiger partial charge in [0, 0.05) is 19.5 Å². The minimum atomic E-state index is -0.630. The van der Waals surface area contributed by atoms with Crippen LogP contribution in [0.25, 0.3) is 0 Å². The highest BCUT2D eigenvalue weighted by Gasteiger charge is 2.27. The first-order valence-corrected chi connectivity index (χ1v) is 7.92. The lowest BCUT2D eigenvalue weighted by Crippen LogP contribution is -2.34. The molecule has 4 nitrogen and oxygen atoms in total. The maximum Gasteiger partial charge on any atom is 0.240 e. The predicted octanol–water partition coefficient (Wildman–Crippen LogP) is 3.12. The van der Waals surface area contributed by atoms with Crippen LogP contribution in [0.2, 0.25) is 0 Å². The Morgan fingerprint density at radius 2 is 2.05 bits per heavy atom. The zero-order valence-corrected chi connectivity index (χ0v) is 13.6. The molecule has 1 unspecified atom stereocenters. The van der Waals surface area contributed by atoms with Crippen LogP contribution in [0.5, 0.6) is 5.75 Å². The maximum atomic E-state index is 12.5. The fourth-order valence-corrected chi connectivity index (χ4v) is 2.88. The molecule has 1 atom stereocenters. The Labute approximate surface area is 132 Å². The summed E-state index contributed by atoms with van der Waals surface area (Å²) in [5, 5.41) is 9.42. The Balaban J connectivity index is 2.21. The summed E-state index contributed by atoms with van der Waals surface area (Å²) in [6.07, 6.45) is 2.49. The molecular weight excluding hydrogens is 276 g/mol. The van der Waals surface area contributed by atoms with Gasteiger partial charge in [-0.15, -0.1) is 0 Å². The van der Waals surface area contributed by atoms with Gasteiger partial charge in [0.1, 0.15) is 11.7 Å². The normalized spacial score (nSPS) is 15.7. The number of hydrogen-bond acceptors (Lipinski definition) is 3. The largest absolute Gasteiger partial charge is 0.496 e. The maximum absolute atomic E-state index is 12.5. The quantitative estimate of drug-likeness (QED) is 0.839. The molecule has 1 aromatic rings. The molecule has 1 heterocycles. The smallest absolute Gasteiger partial charge is 0.240 e. The first-order chi connectivity index (χ1) is 10.6. The van der Waals surface area contributed by atoms with E-state index >= 15 is 0 Å². The van der Waals surface area contributed by atoms with E-state index in [1.807, 2.05) is 17.0 Å². The summed E-state index contributed by atoms with van der Waals surface area (Å²) >= 11 is 0. The number of nitrogens with zero attached hydrogens (tertiary/aromatic N) is 2. The average Bonchev–Trinajstić information content (AvgIpc) is 3.06. The summed E-state index contributed by atoms with van der Waals surface area (Å²) in [6.45, 7) is 5.81. The highest BCUT2D eigenvalue weighted by Crippen LogP contribution is 2.27. The summed E-state index contributed by atoms with van der Waals surface area (Å²) in [4.78, 5) is 14.3. The molecule has 118 valence electrons. The van der Waals surface area contributed by atoms with Gasteiger partial charge < -0.3 is 9.64 Å². The summed E-state index contributed by atoms with van der Waals surface area (Å²) in [5.74, 6) is 0.477. The molecule has 1 aliphatic rings. The molecule has 2 rings (SSSR count). The van der Waals surface area contributed by atoms with E-state index in [9.17, 15) is 10.1 Å². The molecule has 0 bridgehead atoms. The lowest BCUT2D eigenvalue weighted by molar-refractivity contribution is -0.132. The van der Waals surface area contributed by atoms with Gasteiger partial charge in [0.25, 0.3) is 0 Å². The number of methoxy groups -OCH3 is 1. The van der Waals surface area contributed by atoms with Gasteiger partial charge in [-0.1, -0.05) is 26.0 Å². The number of amides is 1. The van der Waals surface area contributed by atoms with Crippen molar-refractivity contribution in [3.8, 4) is 11.8 Å². The third-order valence-electron chi connectivity index (χ3n) is 4.27. The van der Waals surface area contributed by atoms with E-state index in [2.05, 4.69) is 26.0 Å². The Morgan fingerprint density at radius 3 is 2.59 bits per heavy atom. The van der Waals surface area contributed by atoms with Gasteiger partial charge >= 0.3 is 0 Å². The van der Waals surface area contributed by atoms with Crippen molar-refractivity contribution in [1.82, 2.24) is 4.90 Å². The number of rotatable bonds is 5. The monoisotopic (exact) mass is 300 g/mol. The van der Waals surface area contributed by atoms with Crippen molar-refractivity contribution in [2.75, 3.05) is 20.2 Å². The first-order valence-electron chi connectivity index (χ1n) is 7.92. The van der Waals surface area contributed by atoms with Gasteiger partial charge in [-0.2, -0.15) is 5.26 Å². The molecule has 0 saturated carbocycles. The van der Waals surface area contributed by atoms with Crippen molar-refractivity contribution in [3.05, 3.63) is 29.3 Å². The molecule has 0 aliphatic carbocycles. The second-order valence-electron chi connectivity index (χ2n) is 6.14. The number of hydrogen-bond donors (Lipinski definition) is 0. The molecule has 0 radical (unpaired) electrons. The minimum absolute atomic E-state index is 0.0444. The summed E-state index contributed by atoms with van der Waals surface area (Å²) in [5.41, 5.74) is 2.13. The van der Waals surface area contributed by atoms with Crippen molar-refractivity contribution in [2.45, 2.75) is 39.0 Å². The van der Waals surface area contributed by atoms with Crippen LogP contribution >= 0.6 is 0 Å². The molecule has 1 amide bonds. The lowest BCUT2D eigenvalue weighted by atomic mass is 9.94. The molecule has 1 aromatic carbocycles. The zero-order chi connectivity index (χ0) is 16.1. The number of benzene rings is 1. The lowest BCUT2D eigenvalue weighted by Gasteiger charge is -2.20. The fourth-order valence-electron chi connectivity index (χ4n) is 2.88. The summed E-state index contributed by atoms with van der Waals surface area (Å²) in [6, 6.07) is 8.21. The van der Waals surface area contributed by atoms with Crippen LogP contribution in [0.4, 0.5) is 0 Å². The zero-order valence-electron chi connectivity index (χ0n) is 13.6. The molecule has 22 heavy (non-hydrogen) atoms. The van der Waals surface area contributed by atoms with E-state index < -0.39 is 5.92 Å². The van der Waals surface area contributed by atoms with Crippen LogP contribution in [0.3, 0.4) is 0 Å². The number of nitriles is 1. The molecule has 1 aliphatic heterocycles. The Kier molecular flexibility index (Phi) is 5.43. The SMILES string of the molecule is COc1ccc(C(C)C)cc1CC(C#N)C(=O)N1CCCC1. The van der Waals surface area contributed by atoms with Crippen molar-refractivity contribution in [1.29, 1.82) is 5.26 Å². The average molecular weight is 300 g/mol. The van der Waals surface area contributed by atoms with E-state index in [0.29, 0.717) is 12.3 Å². The second-order valence-corrected chi connectivity index (χ2v) is 6.14. The van der Waals surface area contributed by atoms with Gasteiger partial charge in [0.2, 0.25) is 5.91 Å². The number of ether oxygens (including phenoxy) is 1. The van der Waals surface area contributed by atoms with Crippen LogP contribution in [-0.4, -0.2) is 31.0 Å². The van der Waals surface area contributed by atoms with E-state index in [1.165, 1.54) is 5.56 Å². The Hall–Kier alpha value is -2.02. The predicted molar refractivity (Wildman–Crippen MR) is 85.7 cm³/mol. The Morgan fingerprint density at radius 1 is 1.36 bits per heavy atom. The number of carbonyl (C=O) groups is 1. The highest BCUT2D eigenvalue weighted by molar-refractivity contribution is 5.81. The van der Waals surface area contributed by atoms with Gasteiger partial charge in [-0.05, 0) is 36.0 Å². The number of likely N-dealkylation sites (tertiary alicyclic amines) is 1. The standard InChI is InChI=1S/C18H24N2O2/c1-13(2)14-6-7-17(22-3)15(10-14)11-16(12-19)18(21)20-8-4-5-9-20/h6-7,10,13,16H,4-5,8-9,11H2,1-3H3. The van der Waals surface area contributed by atoms with Gasteiger partial charge in [-0.3, -0.25) is 4.79 Å². The van der Waals surface area contributed by atoms with Crippen LogP contribution in [0.1, 0.15) is 43.7 Å². The molecule has 4 heteroatoms. The summed E-state index contributed by atoms with van der Waals surface area (Å²) in [7, 11) is 1.62. The van der Waals surface area contributed by atoms with Crippen molar-refractivity contribution in [3.63, 3.8) is 0 Å². The van der Waals surface area contributed by atoms with E-state index in [1.54, 1.807) is 7.11 Å². The molecule has 0 N–H and O–H groups in total. The van der Waals surface area contributed by atoms with Crippen LogP contribution in [0, 0.1) is 17.2 Å². The Bertz CT molecular complexity index is 569.